The smallest absolute Gasteiger partial charge is 0.335 e. The summed E-state index contributed by atoms with van der Waals surface area (Å²) < 4.78 is 26.3. The number of hydrogen-bond donors (Lipinski definition) is 3. The lowest BCUT2D eigenvalue weighted by Crippen LogP contribution is -2.23. The van der Waals surface area contributed by atoms with Gasteiger partial charge in [0.1, 0.15) is 0 Å². The van der Waals surface area contributed by atoms with Crippen LogP contribution in [0, 0.1) is 0 Å². The summed E-state index contributed by atoms with van der Waals surface area (Å²) >= 11 is 12.2. The number of hydrogen-bond acceptors (Lipinski definition) is 5. The number of carboxylic acid groups (broad SMARTS) is 1. The Hall–Kier alpha value is -3.20. The zero-order valence-electron chi connectivity index (χ0n) is 20.1. The summed E-state index contributed by atoms with van der Waals surface area (Å²) in [7, 11) is -3.72. The van der Waals surface area contributed by atoms with Crippen LogP contribution < -0.4 is 5.32 Å². The maximum atomic E-state index is 13.1. The molecule has 0 saturated carbocycles. The zero-order valence-corrected chi connectivity index (χ0v) is 22.5. The van der Waals surface area contributed by atoms with E-state index in [-0.39, 0.29) is 20.4 Å². The van der Waals surface area contributed by atoms with Gasteiger partial charge in [0.2, 0.25) is 9.84 Å². The predicted molar refractivity (Wildman–Crippen MR) is 149 cm³/mol. The van der Waals surface area contributed by atoms with Crippen LogP contribution in [0.2, 0.25) is 10.0 Å². The van der Waals surface area contributed by atoms with Crippen molar-refractivity contribution in [2.75, 3.05) is 13.1 Å². The van der Waals surface area contributed by atoms with E-state index in [2.05, 4.69) is 5.32 Å². The van der Waals surface area contributed by atoms with Crippen LogP contribution in [-0.4, -0.2) is 37.7 Å². The molecule has 1 atom stereocenters. The minimum atomic E-state index is -3.72. The van der Waals surface area contributed by atoms with Crippen LogP contribution in [0.15, 0.2) is 101 Å². The van der Waals surface area contributed by atoms with Gasteiger partial charge in [0.25, 0.3) is 0 Å². The molecular formula is C29H25Cl2NO5S. The van der Waals surface area contributed by atoms with E-state index < -0.39 is 21.9 Å². The van der Waals surface area contributed by atoms with E-state index in [9.17, 15) is 18.3 Å². The summed E-state index contributed by atoms with van der Waals surface area (Å²) in [5.74, 6) is -1.07. The highest BCUT2D eigenvalue weighted by atomic mass is 35.5. The Labute approximate surface area is 231 Å². The van der Waals surface area contributed by atoms with Crippen molar-refractivity contribution in [1.82, 2.24) is 5.32 Å². The summed E-state index contributed by atoms with van der Waals surface area (Å²) in [5.41, 5.74) is 3.07. The lowest BCUT2D eigenvalue weighted by molar-refractivity contribution is 0.0697. The quantitative estimate of drug-likeness (QED) is 0.201. The summed E-state index contributed by atoms with van der Waals surface area (Å²) in [4.78, 5) is 11.4. The number of halogens is 2. The van der Waals surface area contributed by atoms with Gasteiger partial charge in [0.15, 0.2) is 0 Å². The molecule has 0 radical (unpaired) electrons. The van der Waals surface area contributed by atoms with Gasteiger partial charge in [-0.3, -0.25) is 0 Å². The highest BCUT2D eigenvalue weighted by Crippen LogP contribution is 2.31. The standard InChI is InChI=1S/C29H25Cl2NO5S/c30-23-3-1-2-21(16-23)28(33)18-32-15-14-19-4-9-24(10-5-19)38(36,37)25-11-6-20(7-12-25)26-13-8-22(29(34)35)17-27(26)31/h1-13,16-17,28,32-33H,14-15,18H2,(H,34,35)/t28-/m0/s1. The number of aromatic carboxylic acids is 1. The molecule has 0 spiro atoms. The van der Waals surface area contributed by atoms with Gasteiger partial charge in [-0.2, -0.15) is 0 Å². The molecule has 0 aliphatic heterocycles. The maximum absolute atomic E-state index is 13.1. The highest BCUT2D eigenvalue weighted by molar-refractivity contribution is 7.91. The molecule has 4 aromatic rings. The molecule has 0 bridgehead atoms. The number of sulfone groups is 1. The van der Waals surface area contributed by atoms with Crippen LogP contribution in [0.5, 0.6) is 0 Å². The predicted octanol–water partition coefficient (Wildman–Crippen LogP) is 6.06. The van der Waals surface area contributed by atoms with Gasteiger partial charge < -0.3 is 15.5 Å². The third kappa shape index (κ3) is 6.62. The van der Waals surface area contributed by atoms with Crippen molar-refractivity contribution in [3.63, 3.8) is 0 Å². The molecule has 196 valence electrons. The minimum Gasteiger partial charge on any atom is -0.478 e. The fourth-order valence-electron chi connectivity index (χ4n) is 3.97. The maximum Gasteiger partial charge on any atom is 0.335 e. The average Bonchev–Trinajstić information content (AvgIpc) is 2.91. The van der Waals surface area contributed by atoms with Crippen molar-refractivity contribution >= 4 is 39.0 Å². The molecular weight excluding hydrogens is 545 g/mol. The summed E-state index contributed by atoms with van der Waals surface area (Å²) in [6.45, 7) is 0.985. The molecule has 4 aromatic carbocycles. The molecule has 0 aliphatic rings. The fraction of sp³-hybridized carbons (Fsp3) is 0.138. The number of aliphatic hydroxyl groups is 1. The highest BCUT2D eigenvalue weighted by Gasteiger charge is 2.18. The molecule has 0 heterocycles. The molecule has 0 unspecified atom stereocenters. The van der Waals surface area contributed by atoms with Crippen molar-refractivity contribution in [3.8, 4) is 11.1 Å². The molecule has 9 heteroatoms. The van der Waals surface area contributed by atoms with Gasteiger partial charge in [0.05, 0.1) is 21.5 Å². The molecule has 0 saturated heterocycles. The second-order valence-corrected chi connectivity index (χ2v) is 11.5. The Kier molecular flexibility index (Phi) is 8.87. The van der Waals surface area contributed by atoms with Gasteiger partial charge in [0, 0.05) is 22.2 Å². The van der Waals surface area contributed by atoms with Gasteiger partial charge >= 0.3 is 5.97 Å². The Morgan fingerprint density at radius 3 is 2.13 bits per heavy atom. The van der Waals surface area contributed by atoms with Crippen LogP contribution in [0.3, 0.4) is 0 Å². The van der Waals surface area contributed by atoms with Crippen LogP contribution >= 0.6 is 23.2 Å². The van der Waals surface area contributed by atoms with Crippen LogP contribution in [0.4, 0.5) is 0 Å². The topological polar surface area (TPSA) is 104 Å². The van der Waals surface area contributed by atoms with Gasteiger partial charge in [-0.25, -0.2) is 13.2 Å². The van der Waals surface area contributed by atoms with E-state index in [1.807, 2.05) is 6.07 Å². The van der Waals surface area contributed by atoms with E-state index in [1.54, 1.807) is 60.7 Å². The first kappa shape index (κ1) is 27.8. The number of rotatable bonds is 10. The molecule has 6 nitrogen and oxygen atoms in total. The lowest BCUT2D eigenvalue weighted by atomic mass is 10.0. The number of benzene rings is 4. The molecule has 0 aliphatic carbocycles. The lowest BCUT2D eigenvalue weighted by Gasteiger charge is -2.13. The van der Waals surface area contributed by atoms with E-state index in [4.69, 9.17) is 28.3 Å². The van der Waals surface area contributed by atoms with Gasteiger partial charge in [-0.05, 0) is 78.2 Å². The van der Waals surface area contributed by atoms with Crippen molar-refractivity contribution in [3.05, 3.63) is 118 Å². The SMILES string of the molecule is O=C(O)c1ccc(-c2ccc(S(=O)(=O)c3ccc(CCNC[C@H](O)c4cccc(Cl)c4)cc3)cc2)c(Cl)c1. The Morgan fingerprint density at radius 2 is 1.53 bits per heavy atom. The molecule has 0 amide bonds. The first-order valence-electron chi connectivity index (χ1n) is 11.8. The third-order valence-electron chi connectivity index (χ3n) is 6.09. The number of nitrogens with one attached hydrogen (secondary N) is 1. The molecule has 4 rings (SSSR count). The number of carboxylic acids is 1. The zero-order chi connectivity index (χ0) is 27.3. The summed E-state index contributed by atoms with van der Waals surface area (Å²) in [5, 5.41) is 23.4. The Balaban J connectivity index is 1.36. The second-order valence-electron chi connectivity index (χ2n) is 8.70. The summed E-state index contributed by atoms with van der Waals surface area (Å²) in [6, 6.07) is 24.5. The molecule has 3 N–H and O–H groups in total. The van der Waals surface area contributed by atoms with Crippen molar-refractivity contribution in [2.45, 2.75) is 22.3 Å². The first-order chi connectivity index (χ1) is 18.1. The molecule has 0 aromatic heterocycles. The second kappa shape index (κ2) is 12.1. The molecule has 0 fully saturated rings. The van der Waals surface area contributed by atoms with Crippen molar-refractivity contribution < 1.29 is 23.4 Å². The average molecular weight is 570 g/mol. The van der Waals surface area contributed by atoms with Gasteiger partial charge in [-0.1, -0.05) is 65.7 Å². The van der Waals surface area contributed by atoms with Crippen LogP contribution in [0.25, 0.3) is 11.1 Å². The number of aliphatic hydroxyl groups excluding tert-OH is 1. The Bertz CT molecular complexity index is 1540. The fourth-order valence-corrected chi connectivity index (χ4v) is 5.72. The minimum absolute atomic E-state index is 0.0762. The monoisotopic (exact) mass is 569 g/mol. The Morgan fingerprint density at radius 1 is 0.868 bits per heavy atom. The largest absolute Gasteiger partial charge is 0.478 e. The van der Waals surface area contributed by atoms with Gasteiger partial charge in [-0.15, -0.1) is 0 Å². The number of carbonyl (C=O) groups is 1. The van der Waals surface area contributed by atoms with E-state index >= 15 is 0 Å². The normalized spacial score (nSPS) is 12.3. The first-order valence-corrected chi connectivity index (χ1v) is 14.0. The van der Waals surface area contributed by atoms with Crippen LogP contribution in [0.1, 0.15) is 27.6 Å². The molecule has 38 heavy (non-hydrogen) atoms. The third-order valence-corrected chi connectivity index (χ3v) is 8.42. The van der Waals surface area contributed by atoms with E-state index in [0.29, 0.717) is 35.7 Å². The van der Waals surface area contributed by atoms with Crippen molar-refractivity contribution in [1.29, 1.82) is 0 Å². The van der Waals surface area contributed by atoms with Crippen molar-refractivity contribution in [2.24, 2.45) is 0 Å². The summed E-state index contributed by atoms with van der Waals surface area (Å²) in [6.07, 6.45) is -0.00800. The van der Waals surface area contributed by atoms with E-state index in [1.165, 1.54) is 24.3 Å². The van der Waals surface area contributed by atoms with Crippen LogP contribution in [-0.2, 0) is 16.3 Å². The van der Waals surface area contributed by atoms with E-state index in [0.717, 1.165) is 11.1 Å².